The van der Waals surface area contributed by atoms with Gasteiger partial charge in [-0.2, -0.15) is 4.80 Å². The van der Waals surface area contributed by atoms with Crippen molar-refractivity contribution < 1.29 is 23.8 Å². The van der Waals surface area contributed by atoms with Crippen LogP contribution in [-0.4, -0.2) is 67.3 Å². The minimum atomic E-state index is -0.895. The number of aromatic hydroxyl groups is 1. The number of phenolic OH excluding ortho intramolecular Hbond substituents is 1. The number of amides is 2. The molecule has 2 aliphatic rings. The van der Waals surface area contributed by atoms with E-state index in [-0.39, 0.29) is 48.6 Å². The molecule has 1 aromatic carbocycles. The van der Waals surface area contributed by atoms with Crippen molar-refractivity contribution in [2.24, 2.45) is 0 Å². The summed E-state index contributed by atoms with van der Waals surface area (Å²) in [4.78, 5) is 30.2. The Hall–Kier alpha value is -3.73. The maximum absolute atomic E-state index is 13.8. The monoisotopic (exact) mass is 508 g/mol. The average Bonchev–Trinajstić information content (AvgIpc) is 3.69. The molecular formula is C26H32N6O5. The number of benzene rings is 1. The molecule has 2 fully saturated rings. The van der Waals surface area contributed by atoms with E-state index in [1.54, 1.807) is 29.2 Å². The molecule has 1 saturated carbocycles. The van der Waals surface area contributed by atoms with Crippen LogP contribution in [0.2, 0.25) is 0 Å². The van der Waals surface area contributed by atoms with Crippen LogP contribution >= 0.6 is 0 Å². The van der Waals surface area contributed by atoms with Gasteiger partial charge in [0, 0.05) is 19.2 Å². The molecule has 11 heteroatoms. The van der Waals surface area contributed by atoms with Crippen molar-refractivity contribution in [2.75, 3.05) is 13.2 Å². The molecule has 0 bridgehead atoms. The number of phenols is 1. The highest BCUT2D eigenvalue weighted by Crippen LogP contribution is 2.28. The van der Waals surface area contributed by atoms with Crippen molar-refractivity contribution in [2.45, 2.75) is 70.2 Å². The Morgan fingerprint density at radius 3 is 2.59 bits per heavy atom. The number of furan rings is 1. The second-order valence-corrected chi connectivity index (χ2v) is 9.72. The van der Waals surface area contributed by atoms with E-state index in [2.05, 4.69) is 20.7 Å². The van der Waals surface area contributed by atoms with Crippen molar-refractivity contribution in [3.63, 3.8) is 0 Å². The van der Waals surface area contributed by atoms with Gasteiger partial charge in [0.2, 0.25) is 17.6 Å². The zero-order valence-electron chi connectivity index (χ0n) is 20.9. The van der Waals surface area contributed by atoms with Gasteiger partial charge in [-0.25, -0.2) is 0 Å². The molecule has 2 amide bonds. The lowest BCUT2D eigenvalue weighted by atomic mass is 10.0. The molecule has 2 aromatic heterocycles. The van der Waals surface area contributed by atoms with Gasteiger partial charge in [-0.3, -0.25) is 9.59 Å². The van der Waals surface area contributed by atoms with Gasteiger partial charge in [-0.05, 0) is 67.6 Å². The van der Waals surface area contributed by atoms with E-state index in [1.807, 2.05) is 6.92 Å². The largest absolute Gasteiger partial charge is 0.508 e. The first-order valence-corrected chi connectivity index (χ1v) is 12.8. The third-order valence-electron chi connectivity index (χ3n) is 6.91. The van der Waals surface area contributed by atoms with Gasteiger partial charge in [0.15, 0.2) is 5.76 Å². The van der Waals surface area contributed by atoms with Crippen molar-refractivity contribution in [3.05, 3.63) is 47.7 Å². The highest BCUT2D eigenvalue weighted by atomic mass is 16.5. The molecule has 0 unspecified atom stereocenters. The zero-order chi connectivity index (χ0) is 25.8. The second kappa shape index (κ2) is 11.1. The van der Waals surface area contributed by atoms with E-state index in [4.69, 9.17) is 9.15 Å². The number of nitrogens with zero attached hydrogens (tertiary/aromatic N) is 5. The van der Waals surface area contributed by atoms with Gasteiger partial charge in [-0.1, -0.05) is 25.0 Å². The first kappa shape index (κ1) is 24.9. The lowest BCUT2D eigenvalue weighted by Gasteiger charge is -2.33. The number of carbonyl (C=O) groups excluding carboxylic acids is 2. The molecule has 1 aliphatic carbocycles. The van der Waals surface area contributed by atoms with Crippen LogP contribution in [0.25, 0.3) is 11.6 Å². The SMILES string of the molecule is Cc1ccc(-c2nnn(CC(=O)N(C[C@@H]3CCCO3)[C@@H](C(=O)NC3CCCC3)c3ccc(O)cc3)n2)o1. The van der Waals surface area contributed by atoms with Gasteiger partial charge < -0.3 is 24.5 Å². The zero-order valence-corrected chi connectivity index (χ0v) is 20.9. The van der Waals surface area contributed by atoms with Crippen LogP contribution in [0.5, 0.6) is 5.75 Å². The number of aryl methyl sites for hydroxylation is 1. The molecule has 3 heterocycles. The summed E-state index contributed by atoms with van der Waals surface area (Å²) >= 11 is 0. The molecule has 3 aromatic rings. The number of hydrogen-bond acceptors (Lipinski definition) is 8. The summed E-state index contributed by atoms with van der Waals surface area (Å²) < 4.78 is 11.4. The first-order chi connectivity index (χ1) is 18.0. The van der Waals surface area contributed by atoms with E-state index < -0.39 is 6.04 Å². The van der Waals surface area contributed by atoms with E-state index in [0.717, 1.165) is 44.3 Å². The predicted octanol–water partition coefficient (Wildman–Crippen LogP) is 2.75. The lowest BCUT2D eigenvalue weighted by Crippen LogP contribution is -2.49. The standard InChI is InChI=1S/C26H32N6O5/c1-17-8-13-22(37-17)25-28-30-32(29-25)16-23(34)31(15-21-7-4-14-36-21)24(18-9-11-20(33)12-10-18)26(35)27-19-5-2-3-6-19/h8-13,19,21,24,33H,2-7,14-16H2,1H3,(H,27,35)/t21-,24+/m0/s1. The highest BCUT2D eigenvalue weighted by molar-refractivity contribution is 5.89. The number of aromatic nitrogens is 4. The molecule has 37 heavy (non-hydrogen) atoms. The van der Waals surface area contributed by atoms with Gasteiger partial charge in [0.05, 0.1) is 6.10 Å². The third-order valence-corrected chi connectivity index (χ3v) is 6.91. The van der Waals surface area contributed by atoms with Crippen molar-refractivity contribution >= 4 is 11.8 Å². The van der Waals surface area contributed by atoms with E-state index >= 15 is 0 Å². The summed E-state index contributed by atoms with van der Waals surface area (Å²) in [5.74, 6) is 0.960. The fraction of sp³-hybridized carbons (Fsp3) is 0.500. The Morgan fingerprint density at radius 2 is 1.92 bits per heavy atom. The van der Waals surface area contributed by atoms with Crippen LogP contribution < -0.4 is 5.32 Å². The summed E-state index contributed by atoms with van der Waals surface area (Å²) in [5, 5.41) is 25.3. The van der Waals surface area contributed by atoms with Crippen LogP contribution in [-0.2, 0) is 20.9 Å². The molecule has 5 rings (SSSR count). The van der Waals surface area contributed by atoms with E-state index in [0.29, 0.717) is 17.9 Å². The number of rotatable bonds is 9. The van der Waals surface area contributed by atoms with Gasteiger partial charge in [-0.15, -0.1) is 10.2 Å². The maximum atomic E-state index is 13.8. The Labute approximate surface area is 214 Å². The molecule has 1 aliphatic heterocycles. The van der Waals surface area contributed by atoms with Gasteiger partial charge in [0.25, 0.3) is 0 Å². The summed E-state index contributed by atoms with van der Waals surface area (Å²) in [5.41, 5.74) is 0.609. The summed E-state index contributed by atoms with van der Waals surface area (Å²) in [7, 11) is 0. The van der Waals surface area contributed by atoms with Crippen LogP contribution in [0.4, 0.5) is 0 Å². The molecule has 2 atom stereocenters. The fourth-order valence-corrected chi connectivity index (χ4v) is 5.01. The maximum Gasteiger partial charge on any atom is 0.247 e. The van der Waals surface area contributed by atoms with Crippen LogP contribution in [0, 0.1) is 6.92 Å². The smallest absolute Gasteiger partial charge is 0.247 e. The molecule has 196 valence electrons. The molecule has 11 nitrogen and oxygen atoms in total. The Bertz CT molecular complexity index is 1210. The number of nitrogens with one attached hydrogen (secondary N) is 1. The summed E-state index contributed by atoms with van der Waals surface area (Å²) in [6, 6.07) is 9.14. The van der Waals surface area contributed by atoms with Crippen molar-refractivity contribution in [1.82, 2.24) is 30.4 Å². The molecule has 1 saturated heterocycles. The lowest BCUT2D eigenvalue weighted by molar-refractivity contribution is -0.143. The third kappa shape index (κ3) is 5.99. The molecule has 0 spiro atoms. The van der Waals surface area contributed by atoms with Crippen LogP contribution in [0.1, 0.15) is 55.9 Å². The summed E-state index contributed by atoms with van der Waals surface area (Å²) in [6.07, 6.45) is 5.53. The van der Waals surface area contributed by atoms with E-state index in [9.17, 15) is 14.7 Å². The normalized spacial score (nSPS) is 18.7. The minimum absolute atomic E-state index is 0.0862. The van der Waals surface area contributed by atoms with Crippen molar-refractivity contribution in [3.8, 4) is 17.3 Å². The number of tetrazole rings is 1. The first-order valence-electron chi connectivity index (χ1n) is 12.8. The second-order valence-electron chi connectivity index (χ2n) is 9.72. The minimum Gasteiger partial charge on any atom is -0.508 e. The van der Waals surface area contributed by atoms with Crippen molar-refractivity contribution in [1.29, 1.82) is 0 Å². The molecule has 2 N–H and O–H groups in total. The van der Waals surface area contributed by atoms with Gasteiger partial charge >= 0.3 is 0 Å². The Kier molecular flexibility index (Phi) is 7.50. The summed E-state index contributed by atoms with van der Waals surface area (Å²) in [6.45, 7) is 2.49. The number of hydrogen-bond donors (Lipinski definition) is 2. The Morgan fingerprint density at radius 1 is 1.14 bits per heavy atom. The molecular weight excluding hydrogens is 476 g/mol. The average molecular weight is 509 g/mol. The quantitative estimate of drug-likeness (QED) is 0.450. The Balaban J connectivity index is 1.42. The van der Waals surface area contributed by atoms with Crippen LogP contribution in [0.3, 0.4) is 0 Å². The van der Waals surface area contributed by atoms with E-state index in [1.165, 1.54) is 16.9 Å². The topological polar surface area (TPSA) is 136 Å². The predicted molar refractivity (Wildman–Crippen MR) is 132 cm³/mol. The van der Waals surface area contributed by atoms with Gasteiger partial charge in [0.1, 0.15) is 24.1 Å². The molecule has 0 radical (unpaired) electrons. The fourth-order valence-electron chi connectivity index (χ4n) is 5.01. The number of ether oxygens (including phenoxy) is 1. The van der Waals surface area contributed by atoms with Crippen LogP contribution in [0.15, 0.2) is 40.8 Å². The highest BCUT2D eigenvalue weighted by Gasteiger charge is 2.35. The number of carbonyl (C=O) groups is 2.